The average Bonchev–Trinajstić information content (AvgIpc) is 3.37. The summed E-state index contributed by atoms with van der Waals surface area (Å²) in [6, 6.07) is 15.0. The predicted molar refractivity (Wildman–Crippen MR) is 165 cm³/mol. The number of anilines is 1. The number of fused-ring (bicyclic) bond motifs is 1. The Morgan fingerprint density at radius 1 is 1.16 bits per heavy atom. The molecule has 1 saturated heterocycles. The number of sulfone groups is 1. The van der Waals surface area contributed by atoms with Gasteiger partial charge in [0.15, 0.2) is 9.84 Å². The minimum atomic E-state index is -3.34. The van der Waals surface area contributed by atoms with Crippen molar-refractivity contribution in [1.82, 2.24) is 7.68 Å². The van der Waals surface area contributed by atoms with Crippen LogP contribution in [0.15, 0.2) is 52.4 Å². The Hall–Kier alpha value is -3.10. The zero-order chi connectivity index (χ0) is 30.2. The van der Waals surface area contributed by atoms with Gasteiger partial charge >= 0.3 is 178 Å². The van der Waals surface area contributed by atoms with Gasteiger partial charge in [0.1, 0.15) is 5.75 Å². The third kappa shape index (κ3) is 8.09. The molecule has 0 bridgehead atoms. The molecule has 1 N–H and O–H groups in total. The van der Waals surface area contributed by atoms with Gasteiger partial charge in [0.2, 0.25) is 0 Å². The van der Waals surface area contributed by atoms with Crippen LogP contribution in [-0.2, 0) is 21.1 Å². The van der Waals surface area contributed by atoms with Crippen LogP contribution in [0, 0.1) is 29.1 Å². The molecule has 5 rings (SSSR count). The predicted octanol–water partition coefficient (Wildman–Crippen LogP) is 1.64. The van der Waals surface area contributed by atoms with E-state index in [4.69, 9.17) is 14.5 Å². The number of morpholine rings is 1. The van der Waals surface area contributed by atoms with Gasteiger partial charge < -0.3 is 10.1 Å². The molecule has 3 aromatic rings. The molecule has 1 aromatic heterocycles. The van der Waals surface area contributed by atoms with Crippen molar-refractivity contribution in [3.05, 3.63) is 48.2 Å². The molecule has 9 nitrogen and oxygen atoms in total. The summed E-state index contributed by atoms with van der Waals surface area (Å²) in [4.78, 5) is 5.13. The van der Waals surface area contributed by atoms with Crippen molar-refractivity contribution >= 4 is 38.3 Å². The van der Waals surface area contributed by atoms with Crippen LogP contribution >= 0.6 is 0 Å². The molecule has 2 aliphatic rings. The molecule has 0 amide bonds. The quantitative estimate of drug-likeness (QED) is 0.118. The van der Waals surface area contributed by atoms with Crippen molar-refractivity contribution in [2.45, 2.75) is 41.0 Å². The van der Waals surface area contributed by atoms with Crippen LogP contribution in [-0.4, -0.2) is 72.5 Å². The molecule has 2 fully saturated rings. The molecular weight excluding hydrogens is 677 g/mol. The molecule has 0 atom stereocenters. The number of nitrogens with one attached hydrogen (secondary N) is 1. The topological polar surface area (TPSA) is 109 Å². The van der Waals surface area contributed by atoms with Gasteiger partial charge in [0.25, 0.3) is 0 Å². The average molecular weight is 715 g/mol. The maximum absolute atomic E-state index is 11.9. The number of methoxy groups -OCH3 is 1. The number of nitrogens with zero attached hydrogens (tertiary/aromatic N) is 4. The first-order chi connectivity index (χ1) is 20.9. The summed E-state index contributed by atoms with van der Waals surface area (Å²) in [5.74, 6) is 7.26. The van der Waals surface area contributed by atoms with E-state index >= 15 is 0 Å². The molecular formula is C32H37IN5O4S-. The Kier molecular flexibility index (Phi) is 10.6. The molecule has 43 heavy (non-hydrogen) atoms. The molecule has 1 saturated carbocycles. The van der Waals surface area contributed by atoms with Gasteiger partial charge in [-0.15, -0.1) is 0 Å². The van der Waals surface area contributed by atoms with Crippen molar-refractivity contribution < 1.29 is 39.4 Å². The van der Waals surface area contributed by atoms with Gasteiger partial charge in [-0.05, 0) is 12.1 Å². The van der Waals surface area contributed by atoms with Gasteiger partial charge in [-0.3, -0.25) is 0 Å². The van der Waals surface area contributed by atoms with Crippen LogP contribution < -0.4 is 31.5 Å². The second kappa shape index (κ2) is 14.6. The normalized spacial score (nSPS) is 19.7. The van der Waals surface area contributed by atoms with Crippen LogP contribution in [0.25, 0.3) is 10.9 Å². The summed E-state index contributed by atoms with van der Waals surface area (Å²) in [6.07, 6.45) is 8.25. The number of nitriles is 1. The number of hydrogen-bond donors (Lipinski definition) is 1. The van der Waals surface area contributed by atoms with E-state index in [1.54, 1.807) is 12.1 Å². The fourth-order valence-corrected chi connectivity index (χ4v) is 9.37. The molecule has 1 aliphatic heterocycles. The van der Waals surface area contributed by atoms with E-state index in [9.17, 15) is 13.7 Å². The fraction of sp³-hybridized carbons (Fsp3) is 0.438. The second-order valence-electron chi connectivity index (χ2n) is 10.7. The second-order valence-corrected chi connectivity index (χ2v) is 16.4. The summed E-state index contributed by atoms with van der Waals surface area (Å²) in [6.45, 7) is 4.46. The Labute approximate surface area is 264 Å². The summed E-state index contributed by atoms with van der Waals surface area (Å²) < 4.78 is 40.1. The number of halogens is 1. The van der Waals surface area contributed by atoms with Crippen molar-refractivity contribution in [1.29, 1.82) is 5.26 Å². The first kappa shape index (κ1) is 31.3. The van der Waals surface area contributed by atoms with Gasteiger partial charge in [0, 0.05) is 12.3 Å². The molecule has 2 aromatic carbocycles. The van der Waals surface area contributed by atoms with Crippen LogP contribution in [0.4, 0.5) is 11.4 Å². The number of hydrogen-bond acceptors (Lipinski definition) is 8. The number of aromatic nitrogens is 1. The zero-order valence-electron chi connectivity index (χ0n) is 24.6. The van der Waals surface area contributed by atoms with Gasteiger partial charge in [-0.1, -0.05) is 0 Å². The zero-order valence-corrected chi connectivity index (χ0v) is 27.5. The van der Waals surface area contributed by atoms with Crippen LogP contribution in [0.5, 0.6) is 5.75 Å². The molecule has 0 unspecified atom stereocenters. The van der Waals surface area contributed by atoms with E-state index in [1.165, 1.54) is 38.9 Å². The van der Waals surface area contributed by atoms with Crippen molar-refractivity contribution in [2.75, 3.05) is 51.5 Å². The summed E-state index contributed by atoms with van der Waals surface area (Å²) in [5, 5.41) is 13.7. The number of benzene rings is 2. The van der Waals surface area contributed by atoms with E-state index in [0.29, 0.717) is 23.9 Å². The Morgan fingerprint density at radius 3 is 2.67 bits per heavy atom. The van der Waals surface area contributed by atoms with Crippen molar-refractivity contribution in [2.24, 2.45) is 10.9 Å². The minimum Gasteiger partial charge on any atom is -0.196 e. The SMILES string of the molecule is COc1cc(S(C)(=O)=O)ccc1NCC#Cc1cc2c(N=CC3CCC([I-]N4CCOCC4)CC3)cccc2n1CC#N. The molecule has 228 valence electrons. The standard InChI is InChI=1S/C32H37IN5O4S/c1-41-32-22-27(43(2,39)40)12-13-30(32)35-15-4-5-26-21-28-29(6-3-7-31(28)38(26)16-14-34)36-23-24-8-10-25(11-9-24)33-37-17-19-42-20-18-37/h3,6-7,12-13,21-25,35H,8-11,15-20H2,1-2H3/q-1. The molecule has 2 heterocycles. The number of rotatable bonds is 9. The van der Waals surface area contributed by atoms with Gasteiger partial charge in [-0.2, -0.15) is 5.26 Å². The minimum absolute atomic E-state index is 0.0849. The number of alkyl halides is 1. The van der Waals surface area contributed by atoms with Gasteiger partial charge in [0.05, 0.1) is 24.2 Å². The van der Waals surface area contributed by atoms with E-state index in [0.717, 1.165) is 58.8 Å². The fourth-order valence-electron chi connectivity index (χ4n) is 5.39. The van der Waals surface area contributed by atoms with Crippen molar-refractivity contribution in [3.8, 4) is 23.7 Å². The van der Waals surface area contributed by atoms with E-state index < -0.39 is 9.84 Å². The van der Waals surface area contributed by atoms with Crippen LogP contribution in [0.1, 0.15) is 31.4 Å². The van der Waals surface area contributed by atoms with E-state index in [2.05, 4.69) is 32.6 Å². The summed E-state index contributed by atoms with van der Waals surface area (Å²) in [7, 11) is -1.84. The smallest absolute Gasteiger partial charge is 0.196 e. The van der Waals surface area contributed by atoms with E-state index in [1.807, 2.05) is 28.8 Å². The first-order valence-electron chi connectivity index (χ1n) is 14.5. The first-order valence-corrected chi connectivity index (χ1v) is 18.6. The Balaban J connectivity index is 1.26. The molecule has 11 heteroatoms. The number of aliphatic imine (C=N–C) groups is 1. The Morgan fingerprint density at radius 2 is 1.95 bits per heavy atom. The third-order valence-corrected chi connectivity index (χ3v) is 12.6. The number of ether oxygens (including phenoxy) is 2. The summed E-state index contributed by atoms with van der Waals surface area (Å²) >= 11 is 0.0849. The van der Waals surface area contributed by atoms with Crippen LogP contribution in [0.3, 0.4) is 0 Å². The van der Waals surface area contributed by atoms with Crippen molar-refractivity contribution in [3.63, 3.8) is 0 Å². The summed E-state index contributed by atoms with van der Waals surface area (Å²) in [5.41, 5.74) is 3.22. The molecule has 0 radical (unpaired) electrons. The van der Waals surface area contributed by atoms with Crippen LogP contribution in [0.2, 0.25) is 0 Å². The monoisotopic (exact) mass is 714 g/mol. The van der Waals surface area contributed by atoms with E-state index in [-0.39, 0.29) is 32.9 Å². The third-order valence-electron chi connectivity index (χ3n) is 7.69. The molecule has 0 spiro atoms. The Bertz CT molecular complexity index is 1670. The van der Waals surface area contributed by atoms with Gasteiger partial charge in [-0.25, -0.2) is 8.42 Å². The maximum atomic E-state index is 11.9. The molecule has 1 aliphatic carbocycles.